The van der Waals surface area contributed by atoms with E-state index in [1.54, 1.807) is 30.3 Å². The number of allylic oxidation sites excluding steroid dienone is 4. The Bertz CT molecular complexity index is 786. The van der Waals surface area contributed by atoms with Crippen molar-refractivity contribution in [3.05, 3.63) is 53.9 Å². The molecule has 32 heavy (non-hydrogen) atoms. The summed E-state index contributed by atoms with van der Waals surface area (Å²) in [5, 5.41) is 0. The summed E-state index contributed by atoms with van der Waals surface area (Å²) in [5.41, 5.74) is -2.50. The predicted octanol–water partition coefficient (Wildman–Crippen LogP) is 9.24. The third kappa shape index (κ3) is 5.46. The molecule has 0 N–H and O–H groups in total. The molecule has 1 aromatic rings. The molecule has 1 fully saturated rings. The Morgan fingerprint density at radius 3 is 2.16 bits per heavy atom. The molecule has 5 heteroatoms. The molecule has 0 saturated heterocycles. The highest BCUT2D eigenvalue weighted by atomic mass is 19.4. The van der Waals surface area contributed by atoms with Crippen molar-refractivity contribution in [3.63, 3.8) is 0 Å². The normalized spacial score (nSPS) is 29.9. The number of halogens is 5. The summed E-state index contributed by atoms with van der Waals surface area (Å²) < 4.78 is 72.3. The summed E-state index contributed by atoms with van der Waals surface area (Å²) in [6.45, 7) is 4.45. The third-order valence-electron chi connectivity index (χ3n) is 7.79. The summed E-state index contributed by atoms with van der Waals surface area (Å²) >= 11 is 0. The van der Waals surface area contributed by atoms with E-state index < -0.39 is 30.0 Å². The monoisotopic (exact) mass is 454 g/mol. The van der Waals surface area contributed by atoms with Gasteiger partial charge in [-0.05, 0) is 36.2 Å². The highest BCUT2D eigenvalue weighted by Crippen LogP contribution is 2.54. The van der Waals surface area contributed by atoms with Gasteiger partial charge >= 0.3 is 6.18 Å². The number of rotatable bonds is 8. The van der Waals surface area contributed by atoms with Crippen LogP contribution in [0.15, 0.2) is 48.3 Å². The van der Waals surface area contributed by atoms with Crippen LogP contribution in [0.2, 0.25) is 0 Å². The van der Waals surface area contributed by atoms with Crippen LogP contribution in [0, 0.1) is 23.2 Å². The maximum Gasteiger partial charge on any atom is 0.401 e. The van der Waals surface area contributed by atoms with Gasteiger partial charge < -0.3 is 0 Å². The molecule has 0 radical (unpaired) electrons. The fourth-order valence-corrected chi connectivity index (χ4v) is 5.18. The van der Waals surface area contributed by atoms with Crippen LogP contribution in [0.5, 0.6) is 0 Å². The summed E-state index contributed by atoms with van der Waals surface area (Å²) in [4.78, 5) is 0. The standard InChI is InChI=1S/C27H35F5/c1-3-19(2)9-10-20-11-13-21(14-12-20)15-17-26(27(30,31)32)18-16-23(24(28)25(26)29)22-7-5-4-6-8-22/h4-8,16,18-21,25H,3,9-15,17H2,1-2H3. The zero-order valence-corrected chi connectivity index (χ0v) is 19.1. The molecule has 1 saturated carbocycles. The van der Waals surface area contributed by atoms with Crippen LogP contribution in [0.25, 0.3) is 5.57 Å². The van der Waals surface area contributed by atoms with Crippen LogP contribution < -0.4 is 0 Å². The highest BCUT2D eigenvalue weighted by Gasteiger charge is 2.60. The lowest BCUT2D eigenvalue weighted by molar-refractivity contribution is -0.226. The summed E-state index contributed by atoms with van der Waals surface area (Å²) in [7, 11) is 0. The summed E-state index contributed by atoms with van der Waals surface area (Å²) in [6, 6.07) is 8.18. The van der Waals surface area contributed by atoms with Crippen LogP contribution in [0.4, 0.5) is 22.0 Å². The average molecular weight is 455 g/mol. The Kier molecular flexibility index (Phi) is 8.21. The van der Waals surface area contributed by atoms with Crippen LogP contribution in [-0.4, -0.2) is 12.3 Å². The molecule has 3 rings (SSSR count). The second-order valence-electron chi connectivity index (χ2n) is 9.88. The first-order valence-corrected chi connectivity index (χ1v) is 12.0. The molecule has 3 atom stereocenters. The van der Waals surface area contributed by atoms with E-state index in [9.17, 15) is 17.6 Å². The molecule has 0 aliphatic heterocycles. The molecule has 0 spiro atoms. The van der Waals surface area contributed by atoms with Crippen molar-refractivity contribution < 1.29 is 22.0 Å². The van der Waals surface area contributed by atoms with Crippen molar-refractivity contribution in [1.82, 2.24) is 0 Å². The van der Waals surface area contributed by atoms with Gasteiger partial charge in [-0.2, -0.15) is 13.2 Å². The predicted molar refractivity (Wildman–Crippen MR) is 120 cm³/mol. The van der Waals surface area contributed by atoms with Gasteiger partial charge in [-0.25, -0.2) is 8.78 Å². The van der Waals surface area contributed by atoms with E-state index >= 15 is 4.39 Å². The van der Waals surface area contributed by atoms with E-state index in [0.29, 0.717) is 17.4 Å². The Labute approximate surface area is 189 Å². The minimum atomic E-state index is -4.85. The number of hydrogen-bond acceptors (Lipinski definition) is 0. The molecular formula is C27H35F5. The summed E-state index contributed by atoms with van der Waals surface area (Å²) in [6.07, 6.45) is 1.68. The van der Waals surface area contributed by atoms with Crippen molar-refractivity contribution in [1.29, 1.82) is 0 Å². The molecule has 0 heterocycles. The smallest absolute Gasteiger partial charge is 0.238 e. The molecule has 178 valence electrons. The second kappa shape index (κ2) is 10.5. The maximum absolute atomic E-state index is 15.2. The van der Waals surface area contributed by atoms with Crippen LogP contribution >= 0.6 is 0 Å². The first kappa shape index (κ1) is 25.0. The number of hydrogen-bond donors (Lipinski definition) is 0. The number of benzene rings is 1. The van der Waals surface area contributed by atoms with Gasteiger partial charge in [0, 0.05) is 5.57 Å². The van der Waals surface area contributed by atoms with Crippen molar-refractivity contribution >= 4 is 5.57 Å². The van der Waals surface area contributed by atoms with Crippen molar-refractivity contribution in [2.24, 2.45) is 23.2 Å². The minimum absolute atomic E-state index is 0.0974. The van der Waals surface area contributed by atoms with E-state index in [1.807, 2.05) is 0 Å². The van der Waals surface area contributed by atoms with Gasteiger partial charge in [-0.15, -0.1) is 0 Å². The van der Waals surface area contributed by atoms with E-state index in [2.05, 4.69) is 13.8 Å². The Morgan fingerprint density at radius 2 is 1.59 bits per heavy atom. The zero-order chi connectivity index (χ0) is 23.4. The van der Waals surface area contributed by atoms with Gasteiger partial charge in [0.15, 0.2) is 6.17 Å². The first-order valence-electron chi connectivity index (χ1n) is 12.0. The van der Waals surface area contributed by atoms with Gasteiger partial charge in [0.05, 0.1) is 0 Å². The van der Waals surface area contributed by atoms with E-state index in [0.717, 1.165) is 37.8 Å². The fraction of sp³-hybridized carbons (Fsp3) is 0.630. The minimum Gasteiger partial charge on any atom is -0.238 e. The molecule has 0 amide bonds. The van der Waals surface area contributed by atoms with Crippen molar-refractivity contribution in [3.8, 4) is 0 Å². The van der Waals surface area contributed by atoms with E-state index in [1.165, 1.54) is 19.3 Å². The summed E-state index contributed by atoms with van der Waals surface area (Å²) in [5.74, 6) is 0.193. The highest BCUT2D eigenvalue weighted by molar-refractivity contribution is 5.77. The molecule has 2 aliphatic rings. The quantitative estimate of drug-likeness (QED) is 0.343. The van der Waals surface area contributed by atoms with Gasteiger partial charge in [0.25, 0.3) is 0 Å². The van der Waals surface area contributed by atoms with Gasteiger partial charge in [-0.3, -0.25) is 0 Å². The van der Waals surface area contributed by atoms with Crippen LogP contribution in [0.1, 0.15) is 77.2 Å². The van der Waals surface area contributed by atoms with E-state index in [4.69, 9.17) is 0 Å². The average Bonchev–Trinajstić information content (AvgIpc) is 2.79. The second-order valence-corrected chi connectivity index (χ2v) is 9.88. The first-order chi connectivity index (χ1) is 15.2. The molecule has 1 aromatic carbocycles. The van der Waals surface area contributed by atoms with Gasteiger partial charge in [0.1, 0.15) is 11.2 Å². The molecule has 0 nitrogen and oxygen atoms in total. The van der Waals surface area contributed by atoms with Crippen LogP contribution in [0.3, 0.4) is 0 Å². The van der Waals surface area contributed by atoms with Crippen LogP contribution in [-0.2, 0) is 0 Å². The molecular weight excluding hydrogens is 419 g/mol. The van der Waals surface area contributed by atoms with Crippen molar-refractivity contribution in [2.45, 2.75) is 84.0 Å². The zero-order valence-electron chi connectivity index (χ0n) is 19.1. The Balaban J connectivity index is 1.65. The molecule has 0 aromatic heterocycles. The Morgan fingerprint density at radius 1 is 1.00 bits per heavy atom. The van der Waals surface area contributed by atoms with E-state index in [-0.39, 0.29) is 17.9 Å². The van der Waals surface area contributed by atoms with Gasteiger partial charge in [0.2, 0.25) is 0 Å². The third-order valence-corrected chi connectivity index (χ3v) is 7.79. The van der Waals surface area contributed by atoms with Gasteiger partial charge in [-0.1, -0.05) is 101 Å². The molecule has 0 bridgehead atoms. The molecule has 3 unspecified atom stereocenters. The Hall–Kier alpha value is -1.65. The lowest BCUT2D eigenvalue weighted by Gasteiger charge is -2.39. The number of alkyl halides is 4. The topological polar surface area (TPSA) is 0 Å². The SMILES string of the molecule is CCC(C)CCC1CCC(CCC2(C(F)(F)F)C=CC(c3ccccc3)=C(F)C2F)CC1. The lowest BCUT2D eigenvalue weighted by Crippen LogP contribution is -2.46. The fourth-order valence-electron chi connectivity index (χ4n) is 5.18. The molecule has 2 aliphatic carbocycles. The maximum atomic E-state index is 15.2. The lowest BCUT2D eigenvalue weighted by atomic mass is 9.70. The van der Waals surface area contributed by atoms with Crippen molar-refractivity contribution in [2.75, 3.05) is 0 Å². The largest absolute Gasteiger partial charge is 0.401 e.